The Morgan fingerprint density at radius 2 is 1.92 bits per heavy atom. The summed E-state index contributed by atoms with van der Waals surface area (Å²) in [5.41, 5.74) is 0. The lowest BCUT2D eigenvalue weighted by molar-refractivity contribution is -0.126. The molecule has 0 rings (SSSR count). The van der Waals surface area contributed by atoms with E-state index in [1.165, 1.54) is 6.92 Å². The molecule has 0 aliphatic carbocycles. The van der Waals surface area contributed by atoms with Crippen molar-refractivity contribution in [2.45, 2.75) is 46.5 Å². The molecule has 1 atom stereocenters. The number of rotatable bonds is 6. The van der Waals surface area contributed by atoms with E-state index in [1.807, 2.05) is 0 Å². The Balaban J connectivity index is 3.61. The first kappa shape index (κ1) is 11.3. The predicted octanol–water partition coefficient (Wildman–Crippen LogP) is 2.36. The largest absolute Gasteiger partial charge is 0.300 e. The number of carbonyl (C=O) groups excluding carboxylic acids is 2. The van der Waals surface area contributed by atoms with Gasteiger partial charge in [-0.05, 0) is 12.8 Å². The summed E-state index contributed by atoms with van der Waals surface area (Å²) in [4.78, 5) is 21.7. The fourth-order valence-corrected chi connectivity index (χ4v) is 1.33. The molecule has 0 unspecified atom stereocenters. The quantitative estimate of drug-likeness (QED) is 0.573. The van der Waals surface area contributed by atoms with Crippen LogP contribution in [0.3, 0.4) is 0 Å². The number of hydrogen-bond donors (Lipinski definition) is 0. The summed E-state index contributed by atoms with van der Waals surface area (Å²) in [7, 11) is 0. The SMILES string of the molecule is CCC[C@H](C)CC(=O)CC(C)=O. The van der Waals surface area contributed by atoms with E-state index in [0.29, 0.717) is 12.3 Å². The zero-order valence-electron chi connectivity index (χ0n) is 8.22. The van der Waals surface area contributed by atoms with Crippen molar-refractivity contribution < 1.29 is 9.59 Å². The van der Waals surface area contributed by atoms with Crippen molar-refractivity contribution in [1.82, 2.24) is 0 Å². The summed E-state index contributed by atoms with van der Waals surface area (Å²) >= 11 is 0. The molecule has 0 aromatic rings. The average Bonchev–Trinajstić information content (AvgIpc) is 1.84. The molecular formula is C10H18O2. The van der Waals surface area contributed by atoms with E-state index >= 15 is 0 Å². The van der Waals surface area contributed by atoms with E-state index in [2.05, 4.69) is 13.8 Å². The monoisotopic (exact) mass is 170 g/mol. The van der Waals surface area contributed by atoms with E-state index in [1.54, 1.807) is 0 Å². The van der Waals surface area contributed by atoms with Crippen LogP contribution in [-0.4, -0.2) is 11.6 Å². The van der Waals surface area contributed by atoms with Gasteiger partial charge in [0.2, 0.25) is 0 Å². The molecule has 0 aliphatic rings. The van der Waals surface area contributed by atoms with Crippen molar-refractivity contribution >= 4 is 11.6 Å². The lowest BCUT2D eigenvalue weighted by Gasteiger charge is -2.07. The standard InChI is InChI=1S/C10H18O2/c1-4-5-8(2)6-10(12)7-9(3)11/h8H,4-7H2,1-3H3/t8-/m0/s1. The molecular weight excluding hydrogens is 152 g/mol. The molecule has 0 aromatic heterocycles. The van der Waals surface area contributed by atoms with Gasteiger partial charge < -0.3 is 0 Å². The lowest BCUT2D eigenvalue weighted by Crippen LogP contribution is -2.08. The van der Waals surface area contributed by atoms with Gasteiger partial charge in [0.05, 0.1) is 6.42 Å². The van der Waals surface area contributed by atoms with Gasteiger partial charge >= 0.3 is 0 Å². The highest BCUT2D eigenvalue weighted by Crippen LogP contribution is 2.11. The number of Topliss-reactive ketones (excluding diaryl/α,β-unsaturated/α-hetero) is 2. The Morgan fingerprint density at radius 1 is 1.33 bits per heavy atom. The highest BCUT2D eigenvalue weighted by molar-refractivity contribution is 5.97. The molecule has 0 N–H and O–H groups in total. The van der Waals surface area contributed by atoms with E-state index in [4.69, 9.17) is 0 Å². The van der Waals surface area contributed by atoms with Crippen molar-refractivity contribution in [3.63, 3.8) is 0 Å². The first-order chi connectivity index (χ1) is 5.56. The fraction of sp³-hybridized carbons (Fsp3) is 0.800. The molecule has 0 fully saturated rings. The smallest absolute Gasteiger partial charge is 0.140 e. The van der Waals surface area contributed by atoms with Gasteiger partial charge in [0.15, 0.2) is 0 Å². The summed E-state index contributed by atoms with van der Waals surface area (Å²) in [6.45, 7) is 5.62. The van der Waals surface area contributed by atoms with Crippen LogP contribution >= 0.6 is 0 Å². The first-order valence-corrected chi connectivity index (χ1v) is 4.57. The van der Waals surface area contributed by atoms with Gasteiger partial charge in [-0.3, -0.25) is 9.59 Å². The lowest BCUT2D eigenvalue weighted by atomic mass is 9.98. The number of hydrogen-bond acceptors (Lipinski definition) is 2. The van der Waals surface area contributed by atoms with Crippen molar-refractivity contribution in [3.8, 4) is 0 Å². The van der Waals surface area contributed by atoms with Crippen LogP contribution in [0.2, 0.25) is 0 Å². The molecule has 0 radical (unpaired) electrons. The third-order valence-electron chi connectivity index (χ3n) is 1.80. The molecule has 0 heterocycles. The van der Waals surface area contributed by atoms with E-state index in [-0.39, 0.29) is 18.0 Å². The zero-order valence-corrected chi connectivity index (χ0v) is 8.22. The maximum Gasteiger partial charge on any atom is 0.140 e. The minimum absolute atomic E-state index is 0.0244. The topological polar surface area (TPSA) is 34.1 Å². The van der Waals surface area contributed by atoms with Crippen molar-refractivity contribution in [1.29, 1.82) is 0 Å². The predicted molar refractivity (Wildman–Crippen MR) is 49.0 cm³/mol. The second-order valence-electron chi connectivity index (χ2n) is 3.52. The molecule has 12 heavy (non-hydrogen) atoms. The molecule has 2 heteroatoms. The van der Waals surface area contributed by atoms with Crippen LogP contribution in [0, 0.1) is 5.92 Å². The summed E-state index contributed by atoms with van der Waals surface area (Å²) in [5, 5.41) is 0. The molecule has 0 amide bonds. The summed E-state index contributed by atoms with van der Waals surface area (Å²) in [6, 6.07) is 0. The zero-order chi connectivity index (χ0) is 9.56. The van der Waals surface area contributed by atoms with Crippen molar-refractivity contribution in [2.24, 2.45) is 5.92 Å². The average molecular weight is 170 g/mol. The molecule has 70 valence electrons. The van der Waals surface area contributed by atoms with Crippen molar-refractivity contribution in [2.75, 3.05) is 0 Å². The van der Waals surface area contributed by atoms with Crippen LogP contribution in [-0.2, 0) is 9.59 Å². The van der Waals surface area contributed by atoms with Gasteiger partial charge in [-0.2, -0.15) is 0 Å². The second-order valence-corrected chi connectivity index (χ2v) is 3.52. The Bertz CT molecular complexity index is 161. The van der Waals surface area contributed by atoms with Gasteiger partial charge in [0, 0.05) is 6.42 Å². The molecule has 2 nitrogen and oxygen atoms in total. The highest BCUT2D eigenvalue weighted by atomic mass is 16.1. The van der Waals surface area contributed by atoms with Gasteiger partial charge in [-0.25, -0.2) is 0 Å². The van der Waals surface area contributed by atoms with Crippen LogP contribution in [0.1, 0.15) is 46.5 Å². The minimum Gasteiger partial charge on any atom is -0.300 e. The maximum atomic E-state index is 11.1. The number of carbonyl (C=O) groups is 2. The van der Waals surface area contributed by atoms with Gasteiger partial charge in [-0.1, -0.05) is 26.7 Å². The fourth-order valence-electron chi connectivity index (χ4n) is 1.33. The highest BCUT2D eigenvalue weighted by Gasteiger charge is 2.09. The summed E-state index contributed by atoms with van der Waals surface area (Å²) in [5.74, 6) is 0.494. The third kappa shape index (κ3) is 6.08. The van der Waals surface area contributed by atoms with Crippen LogP contribution < -0.4 is 0 Å². The van der Waals surface area contributed by atoms with E-state index < -0.39 is 0 Å². The van der Waals surface area contributed by atoms with Gasteiger partial charge in [-0.15, -0.1) is 0 Å². The minimum atomic E-state index is -0.0244. The molecule has 0 spiro atoms. The molecule has 0 saturated carbocycles. The van der Waals surface area contributed by atoms with Crippen LogP contribution in [0.25, 0.3) is 0 Å². The second kappa shape index (κ2) is 5.92. The summed E-state index contributed by atoms with van der Waals surface area (Å²) in [6.07, 6.45) is 2.86. The summed E-state index contributed by atoms with van der Waals surface area (Å²) < 4.78 is 0. The van der Waals surface area contributed by atoms with Crippen molar-refractivity contribution in [3.05, 3.63) is 0 Å². The maximum absolute atomic E-state index is 11.1. The van der Waals surface area contributed by atoms with Gasteiger partial charge in [0.25, 0.3) is 0 Å². The molecule has 0 saturated heterocycles. The molecule has 0 bridgehead atoms. The van der Waals surface area contributed by atoms with Crippen LogP contribution in [0.4, 0.5) is 0 Å². The third-order valence-corrected chi connectivity index (χ3v) is 1.80. The Morgan fingerprint density at radius 3 is 2.33 bits per heavy atom. The van der Waals surface area contributed by atoms with Crippen LogP contribution in [0.5, 0.6) is 0 Å². The van der Waals surface area contributed by atoms with Crippen LogP contribution in [0.15, 0.2) is 0 Å². The van der Waals surface area contributed by atoms with E-state index in [0.717, 1.165) is 12.8 Å². The Kier molecular flexibility index (Phi) is 5.60. The van der Waals surface area contributed by atoms with Gasteiger partial charge in [0.1, 0.15) is 11.6 Å². The Labute approximate surface area is 74.3 Å². The van der Waals surface area contributed by atoms with E-state index in [9.17, 15) is 9.59 Å². The normalized spacial score (nSPS) is 12.6. The first-order valence-electron chi connectivity index (χ1n) is 4.57. The number of ketones is 2. The molecule has 0 aromatic carbocycles. The molecule has 0 aliphatic heterocycles. The Hall–Kier alpha value is -0.660.